The maximum absolute atomic E-state index is 5.19. The summed E-state index contributed by atoms with van der Waals surface area (Å²) >= 11 is 0. The highest BCUT2D eigenvalue weighted by atomic mass is 15.1. The molecule has 3 nitrogen and oxygen atoms in total. The van der Waals surface area contributed by atoms with E-state index in [1.165, 1.54) is 33.4 Å². The van der Waals surface area contributed by atoms with Crippen LogP contribution in [0.15, 0.2) is 237 Å². The fourth-order valence-electron chi connectivity index (χ4n) is 8.05. The molecule has 1 aromatic heterocycles. The molecule has 0 N–H and O–H groups in total. The number of para-hydroxylation sites is 2. The van der Waals surface area contributed by atoms with Crippen LogP contribution < -0.4 is 4.90 Å². The standard InChI is InChI=1S/C56H39N3/c1-4-18-40(19-5-1)49-28-10-12-30-51(49)44-24-16-26-47(38-44)59(48-27-17-25-45(39-48)52-31-13-11-29-50(52)41-20-6-2-7-21-41)46-36-34-43(35-37-46)56-55(42-22-8-3-9-23-42)57-53-32-14-15-33-54(53)58-56/h1-39H. The fraction of sp³-hybridized carbons (Fsp3) is 0. The second-order valence-corrected chi connectivity index (χ2v) is 14.6. The van der Waals surface area contributed by atoms with E-state index in [0.717, 1.165) is 61.7 Å². The number of fused-ring (bicyclic) bond motifs is 1. The molecule has 1 heterocycles. The molecule has 0 saturated carbocycles. The van der Waals surface area contributed by atoms with Gasteiger partial charge in [-0.1, -0.05) is 188 Å². The van der Waals surface area contributed by atoms with Crippen molar-refractivity contribution in [3.63, 3.8) is 0 Å². The van der Waals surface area contributed by atoms with Gasteiger partial charge in [0.05, 0.1) is 22.4 Å². The Morgan fingerprint density at radius 2 is 0.576 bits per heavy atom. The molecule has 10 aromatic rings. The molecule has 0 aliphatic heterocycles. The van der Waals surface area contributed by atoms with Crippen molar-refractivity contribution in [1.29, 1.82) is 0 Å². The Morgan fingerprint density at radius 3 is 1.02 bits per heavy atom. The number of hydrogen-bond donors (Lipinski definition) is 0. The highest BCUT2D eigenvalue weighted by Crippen LogP contribution is 2.42. The third-order valence-electron chi connectivity index (χ3n) is 10.9. The normalized spacial score (nSPS) is 11.1. The van der Waals surface area contributed by atoms with Crippen LogP contribution in [-0.4, -0.2) is 9.97 Å². The Bertz CT molecular complexity index is 2910. The predicted octanol–water partition coefficient (Wildman–Crippen LogP) is 15.1. The zero-order valence-electron chi connectivity index (χ0n) is 32.4. The number of hydrogen-bond acceptors (Lipinski definition) is 3. The van der Waals surface area contributed by atoms with Crippen molar-refractivity contribution >= 4 is 28.1 Å². The van der Waals surface area contributed by atoms with Gasteiger partial charge in [-0.05, 0) is 93.0 Å². The molecule has 9 aromatic carbocycles. The molecular formula is C56H39N3. The van der Waals surface area contributed by atoms with E-state index in [0.29, 0.717) is 0 Å². The lowest BCUT2D eigenvalue weighted by atomic mass is 9.93. The van der Waals surface area contributed by atoms with Crippen molar-refractivity contribution in [2.24, 2.45) is 0 Å². The van der Waals surface area contributed by atoms with Gasteiger partial charge in [-0.15, -0.1) is 0 Å². The fourth-order valence-corrected chi connectivity index (χ4v) is 8.05. The van der Waals surface area contributed by atoms with Crippen LogP contribution in [-0.2, 0) is 0 Å². The minimum Gasteiger partial charge on any atom is -0.310 e. The molecule has 0 bridgehead atoms. The maximum atomic E-state index is 5.19. The van der Waals surface area contributed by atoms with Crippen LogP contribution in [0.4, 0.5) is 17.1 Å². The van der Waals surface area contributed by atoms with Crippen LogP contribution in [0.25, 0.3) is 78.1 Å². The SMILES string of the molecule is c1ccc(-c2ccccc2-c2cccc(N(c3ccc(-c4nc5ccccc5nc4-c4ccccc4)cc3)c3cccc(-c4ccccc4-c4ccccc4)c3)c2)cc1. The molecule has 0 atom stereocenters. The number of rotatable bonds is 9. The van der Waals surface area contributed by atoms with Gasteiger partial charge in [0.25, 0.3) is 0 Å². The van der Waals surface area contributed by atoms with Crippen molar-refractivity contribution in [2.75, 3.05) is 4.90 Å². The van der Waals surface area contributed by atoms with Gasteiger partial charge in [-0.2, -0.15) is 0 Å². The largest absolute Gasteiger partial charge is 0.310 e. The summed E-state index contributed by atoms with van der Waals surface area (Å²) in [4.78, 5) is 12.7. The first-order valence-electron chi connectivity index (χ1n) is 20.0. The summed E-state index contributed by atoms with van der Waals surface area (Å²) < 4.78 is 0. The third-order valence-corrected chi connectivity index (χ3v) is 10.9. The molecule has 0 spiro atoms. The monoisotopic (exact) mass is 753 g/mol. The van der Waals surface area contributed by atoms with Crippen molar-refractivity contribution in [1.82, 2.24) is 9.97 Å². The third kappa shape index (κ3) is 7.18. The van der Waals surface area contributed by atoms with Crippen LogP contribution in [0.5, 0.6) is 0 Å². The van der Waals surface area contributed by atoms with Gasteiger partial charge in [-0.25, -0.2) is 9.97 Å². The van der Waals surface area contributed by atoms with Crippen LogP contribution >= 0.6 is 0 Å². The lowest BCUT2D eigenvalue weighted by Gasteiger charge is -2.27. The lowest BCUT2D eigenvalue weighted by Crippen LogP contribution is -2.10. The number of benzene rings is 9. The Morgan fingerprint density at radius 1 is 0.237 bits per heavy atom. The van der Waals surface area contributed by atoms with Crippen LogP contribution in [0.2, 0.25) is 0 Å². The predicted molar refractivity (Wildman–Crippen MR) is 247 cm³/mol. The van der Waals surface area contributed by atoms with Crippen molar-refractivity contribution < 1.29 is 0 Å². The zero-order chi connectivity index (χ0) is 39.4. The smallest absolute Gasteiger partial charge is 0.0973 e. The van der Waals surface area contributed by atoms with E-state index in [-0.39, 0.29) is 0 Å². The summed E-state index contributed by atoms with van der Waals surface area (Å²) in [5.74, 6) is 0. The van der Waals surface area contributed by atoms with E-state index in [9.17, 15) is 0 Å². The Balaban J connectivity index is 1.12. The summed E-state index contributed by atoms with van der Waals surface area (Å²) in [5, 5.41) is 0. The van der Waals surface area contributed by atoms with Gasteiger partial charge >= 0.3 is 0 Å². The van der Waals surface area contributed by atoms with E-state index in [2.05, 4.69) is 211 Å². The maximum Gasteiger partial charge on any atom is 0.0973 e. The van der Waals surface area contributed by atoms with Gasteiger partial charge < -0.3 is 4.90 Å². The lowest BCUT2D eigenvalue weighted by molar-refractivity contribution is 1.27. The van der Waals surface area contributed by atoms with Crippen LogP contribution in [0, 0.1) is 0 Å². The van der Waals surface area contributed by atoms with Crippen molar-refractivity contribution in [2.45, 2.75) is 0 Å². The average Bonchev–Trinajstić information content (AvgIpc) is 3.32. The molecule has 0 aliphatic carbocycles. The van der Waals surface area contributed by atoms with E-state index in [4.69, 9.17) is 9.97 Å². The first-order valence-corrected chi connectivity index (χ1v) is 20.0. The van der Waals surface area contributed by atoms with E-state index in [1.54, 1.807) is 0 Å². The molecule has 0 radical (unpaired) electrons. The first-order chi connectivity index (χ1) is 29.3. The summed E-state index contributed by atoms with van der Waals surface area (Å²) in [6.07, 6.45) is 0. The molecular weight excluding hydrogens is 715 g/mol. The van der Waals surface area contributed by atoms with E-state index < -0.39 is 0 Å². The number of anilines is 3. The summed E-state index contributed by atoms with van der Waals surface area (Å²) in [6.45, 7) is 0. The molecule has 0 aliphatic rings. The van der Waals surface area contributed by atoms with Crippen molar-refractivity contribution in [3.05, 3.63) is 237 Å². The summed E-state index contributed by atoms with van der Waals surface area (Å²) in [5.41, 5.74) is 18.1. The molecule has 59 heavy (non-hydrogen) atoms. The molecule has 3 heteroatoms. The van der Waals surface area contributed by atoms with Crippen LogP contribution in [0.1, 0.15) is 0 Å². The summed E-state index contributed by atoms with van der Waals surface area (Å²) in [6, 6.07) is 83.6. The van der Waals surface area contributed by atoms with Gasteiger partial charge in [0.15, 0.2) is 0 Å². The van der Waals surface area contributed by atoms with E-state index >= 15 is 0 Å². The molecule has 0 amide bonds. The Hall–Kier alpha value is -7.88. The zero-order valence-corrected chi connectivity index (χ0v) is 32.4. The van der Waals surface area contributed by atoms with Gasteiger partial charge in [-0.3, -0.25) is 0 Å². The molecule has 278 valence electrons. The second-order valence-electron chi connectivity index (χ2n) is 14.6. The molecule has 0 unspecified atom stereocenters. The highest BCUT2D eigenvalue weighted by Gasteiger charge is 2.19. The molecule has 10 rings (SSSR count). The minimum absolute atomic E-state index is 0.854. The van der Waals surface area contributed by atoms with Gasteiger partial charge in [0.2, 0.25) is 0 Å². The molecule has 0 saturated heterocycles. The topological polar surface area (TPSA) is 29.0 Å². The summed E-state index contributed by atoms with van der Waals surface area (Å²) in [7, 11) is 0. The first kappa shape index (κ1) is 35.5. The van der Waals surface area contributed by atoms with Crippen LogP contribution in [0.3, 0.4) is 0 Å². The van der Waals surface area contributed by atoms with E-state index in [1.807, 2.05) is 30.3 Å². The Labute approximate surface area is 345 Å². The molecule has 0 fully saturated rings. The Kier molecular flexibility index (Phi) is 9.59. The second kappa shape index (κ2) is 15.9. The average molecular weight is 754 g/mol. The van der Waals surface area contributed by atoms with Gasteiger partial charge in [0.1, 0.15) is 0 Å². The number of aromatic nitrogens is 2. The number of nitrogens with zero attached hydrogens (tertiary/aromatic N) is 3. The van der Waals surface area contributed by atoms with Gasteiger partial charge in [0, 0.05) is 28.2 Å². The van der Waals surface area contributed by atoms with Crippen molar-refractivity contribution in [3.8, 4) is 67.0 Å². The minimum atomic E-state index is 0.854. The quantitative estimate of drug-likeness (QED) is 0.147. The highest BCUT2D eigenvalue weighted by molar-refractivity contribution is 5.91.